The molecule has 2 aromatic rings. The molecule has 0 fully saturated rings. The van der Waals surface area contributed by atoms with Gasteiger partial charge in [-0.2, -0.15) is 0 Å². The van der Waals surface area contributed by atoms with E-state index in [1.807, 2.05) is 24.3 Å². The molecule has 0 bridgehead atoms. The Morgan fingerprint density at radius 2 is 1.88 bits per heavy atom. The largest absolute Gasteiger partial charge is 0.497 e. The number of para-hydroxylation sites is 1. The number of anilines is 2. The van der Waals surface area contributed by atoms with Gasteiger partial charge in [-0.1, -0.05) is 18.2 Å². The third-order valence-electron chi connectivity index (χ3n) is 3.94. The second kappa shape index (κ2) is 7.04. The summed E-state index contributed by atoms with van der Waals surface area (Å²) < 4.78 is 5.06. The molecular weight excluding hydrogens is 306 g/mol. The summed E-state index contributed by atoms with van der Waals surface area (Å²) in [5, 5.41) is 5.28. The van der Waals surface area contributed by atoms with Crippen molar-refractivity contribution in [3.8, 4) is 5.75 Å². The van der Waals surface area contributed by atoms with Gasteiger partial charge in [-0.05, 0) is 42.3 Å². The number of benzene rings is 2. The Balaban J connectivity index is 1.52. The monoisotopic (exact) mass is 325 g/mol. The molecule has 0 aliphatic carbocycles. The number of urea groups is 1. The minimum absolute atomic E-state index is 0.0453. The van der Waals surface area contributed by atoms with Gasteiger partial charge in [0.2, 0.25) is 5.91 Å². The first kappa shape index (κ1) is 15.9. The molecular formula is C18H19N3O3. The van der Waals surface area contributed by atoms with Gasteiger partial charge in [0.1, 0.15) is 5.75 Å². The van der Waals surface area contributed by atoms with Crippen molar-refractivity contribution >= 4 is 23.3 Å². The van der Waals surface area contributed by atoms with E-state index in [-0.39, 0.29) is 12.5 Å². The Morgan fingerprint density at radius 1 is 1.12 bits per heavy atom. The third kappa shape index (κ3) is 3.48. The first-order valence-corrected chi connectivity index (χ1v) is 7.74. The zero-order valence-electron chi connectivity index (χ0n) is 13.4. The summed E-state index contributed by atoms with van der Waals surface area (Å²) in [6.45, 7) is 0.607. The highest BCUT2D eigenvalue weighted by atomic mass is 16.5. The number of carbonyl (C=O) groups excluding carboxylic acids is 2. The van der Waals surface area contributed by atoms with Crippen LogP contribution in [0.4, 0.5) is 16.2 Å². The van der Waals surface area contributed by atoms with Gasteiger partial charge in [0, 0.05) is 17.9 Å². The average Bonchev–Trinajstić information content (AvgIpc) is 3.04. The van der Waals surface area contributed by atoms with Crippen molar-refractivity contribution in [2.45, 2.75) is 6.42 Å². The number of amides is 3. The van der Waals surface area contributed by atoms with Crippen LogP contribution in [0.1, 0.15) is 5.56 Å². The number of carbonyl (C=O) groups is 2. The molecule has 0 saturated heterocycles. The van der Waals surface area contributed by atoms with Crippen LogP contribution in [0.3, 0.4) is 0 Å². The lowest BCUT2D eigenvalue weighted by molar-refractivity contribution is -0.117. The van der Waals surface area contributed by atoms with E-state index in [2.05, 4.69) is 10.6 Å². The van der Waals surface area contributed by atoms with Crippen LogP contribution in [-0.2, 0) is 11.2 Å². The Bertz CT molecular complexity index is 743. The van der Waals surface area contributed by atoms with Gasteiger partial charge in [0.15, 0.2) is 0 Å². The van der Waals surface area contributed by atoms with Gasteiger partial charge in [-0.3, -0.25) is 4.79 Å². The molecule has 124 valence electrons. The Morgan fingerprint density at radius 3 is 2.62 bits per heavy atom. The molecule has 1 aliphatic rings. The topological polar surface area (TPSA) is 70.7 Å². The van der Waals surface area contributed by atoms with E-state index in [0.717, 1.165) is 17.7 Å². The predicted octanol–water partition coefficient (Wildman–Crippen LogP) is 2.41. The van der Waals surface area contributed by atoms with Crippen molar-refractivity contribution in [2.75, 3.05) is 30.4 Å². The molecule has 0 saturated carbocycles. The van der Waals surface area contributed by atoms with Gasteiger partial charge < -0.3 is 20.3 Å². The number of rotatable bonds is 4. The first-order valence-electron chi connectivity index (χ1n) is 7.74. The fraction of sp³-hybridized carbons (Fsp3) is 0.222. The summed E-state index contributed by atoms with van der Waals surface area (Å²) >= 11 is 0. The number of methoxy groups -OCH3 is 1. The highest BCUT2D eigenvalue weighted by Gasteiger charge is 2.24. The molecule has 3 amide bonds. The maximum absolute atomic E-state index is 12.3. The van der Waals surface area contributed by atoms with E-state index in [9.17, 15) is 9.59 Å². The summed E-state index contributed by atoms with van der Waals surface area (Å²) in [5.74, 6) is 0.591. The second-order valence-electron chi connectivity index (χ2n) is 5.46. The van der Waals surface area contributed by atoms with Crippen LogP contribution < -0.4 is 20.3 Å². The van der Waals surface area contributed by atoms with Gasteiger partial charge >= 0.3 is 6.03 Å². The van der Waals surface area contributed by atoms with Gasteiger partial charge in [0.05, 0.1) is 13.7 Å². The maximum Gasteiger partial charge on any atom is 0.319 e. The molecule has 6 nitrogen and oxygen atoms in total. The first-order chi connectivity index (χ1) is 11.7. The van der Waals surface area contributed by atoms with E-state index in [1.165, 1.54) is 0 Å². The van der Waals surface area contributed by atoms with E-state index in [4.69, 9.17) is 4.74 Å². The van der Waals surface area contributed by atoms with Gasteiger partial charge in [-0.15, -0.1) is 0 Å². The number of nitrogens with one attached hydrogen (secondary N) is 2. The highest BCUT2D eigenvalue weighted by Crippen LogP contribution is 2.27. The van der Waals surface area contributed by atoms with Crippen molar-refractivity contribution < 1.29 is 14.3 Å². The summed E-state index contributed by atoms with van der Waals surface area (Å²) in [5.41, 5.74) is 2.72. The van der Waals surface area contributed by atoms with Crippen LogP contribution >= 0.6 is 0 Å². The number of ether oxygens (including phenoxy) is 1. The van der Waals surface area contributed by atoms with Crippen LogP contribution in [-0.4, -0.2) is 32.1 Å². The number of fused-ring (bicyclic) bond motifs is 1. The van der Waals surface area contributed by atoms with Gasteiger partial charge in [-0.25, -0.2) is 4.79 Å². The second-order valence-corrected chi connectivity index (χ2v) is 5.46. The maximum atomic E-state index is 12.3. The molecule has 2 aromatic carbocycles. The van der Waals surface area contributed by atoms with Crippen molar-refractivity contribution in [3.63, 3.8) is 0 Å². The lowest BCUT2D eigenvalue weighted by Gasteiger charge is -2.17. The van der Waals surface area contributed by atoms with Gasteiger partial charge in [0.25, 0.3) is 0 Å². The zero-order chi connectivity index (χ0) is 16.9. The van der Waals surface area contributed by atoms with Crippen LogP contribution in [0.25, 0.3) is 0 Å². The minimum atomic E-state index is -0.416. The summed E-state index contributed by atoms with van der Waals surface area (Å²) in [4.78, 5) is 25.9. The van der Waals surface area contributed by atoms with Crippen molar-refractivity contribution in [1.82, 2.24) is 5.32 Å². The molecule has 1 heterocycles. The average molecular weight is 325 g/mol. The fourth-order valence-electron chi connectivity index (χ4n) is 2.70. The Hall–Kier alpha value is -3.02. The fourth-order valence-corrected chi connectivity index (χ4v) is 2.70. The van der Waals surface area contributed by atoms with Crippen LogP contribution in [0.5, 0.6) is 5.75 Å². The van der Waals surface area contributed by atoms with Crippen LogP contribution in [0, 0.1) is 0 Å². The predicted molar refractivity (Wildman–Crippen MR) is 92.5 cm³/mol. The van der Waals surface area contributed by atoms with E-state index < -0.39 is 6.03 Å². The number of nitrogens with zero attached hydrogens (tertiary/aromatic N) is 1. The summed E-state index contributed by atoms with van der Waals surface area (Å²) in [7, 11) is 1.58. The molecule has 0 atom stereocenters. The van der Waals surface area contributed by atoms with Crippen molar-refractivity contribution in [2.24, 2.45) is 0 Å². The SMILES string of the molecule is COc1ccc(NC(=O)NCC(=O)N2CCc3ccccc32)cc1. The number of hydrogen-bond donors (Lipinski definition) is 2. The summed E-state index contributed by atoms with van der Waals surface area (Å²) in [6.07, 6.45) is 0.847. The molecule has 24 heavy (non-hydrogen) atoms. The molecule has 6 heteroatoms. The van der Waals surface area contributed by atoms with E-state index in [0.29, 0.717) is 18.0 Å². The highest BCUT2D eigenvalue weighted by molar-refractivity contribution is 5.99. The molecule has 0 spiro atoms. The quantitative estimate of drug-likeness (QED) is 0.907. The molecule has 2 N–H and O–H groups in total. The smallest absolute Gasteiger partial charge is 0.319 e. The molecule has 0 radical (unpaired) electrons. The van der Waals surface area contributed by atoms with E-state index >= 15 is 0 Å². The lowest BCUT2D eigenvalue weighted by atomic mass is 10.2. The molecule has 1 aliphatic heterocycles. The summed E-state index contributed by atoms with van der Waals surface area (Å²) in [6, 6.07) is 14.4. The molecule has 0 unspecified atom stereocenters. The molecule has 0 aromatic heterocycles. The molecule has 3 rings (SSSR count). The zero-order valence-corrected chi connectivity index (χ0v) is 13.4. The lowest BCUT2D eigenvalue weighted by Crippen LogP contribution is -2.41. The van der Waals surface area contributed by atoms with E-state index in [1.54, 1.807) is 36.3 Å². The number of hydrogen-bond acceptors (Lipinski definition) is 3. The van der Waals surface area contributed by atoms with Crippen LogP contribution in [0.15, 0.2) is 48.5 Å². The van der Waals surface area contributed by atoms with Crippen molar-refractivity contribution in [3.05, 3.63) is 54.1 Å². The Labute approximate surface area is 140 Å². The third-order valence-corrected chi connectivity index (χ3v) is 3.94. The van der Waals surface area contributed by atoms with Crippen molar-refractivity contribution in [1.29, 1.82) is 0 Å². The standard InChI is InChI=1S/C18H19N3O3/c1-24-15-8-6-14(7-9-15)20-18(23)19-12-17(22)21-11-10-13-4-2-3-5-16(13)21/h2-9H,10-12H2,1H3,(H2,19,20,23). The normalized spacial score (nSPS) is 12.5. The minimum Gasteiger partial charge on any atom is -0.497 e. The Kier molecular flexibility index (Phi) is 4.65. The van der Waals surface area contributed by atoms with Crippen LogP contribution in [0.2, 0.25) is 0 Å².